The van der Waals surface area contributed by atoms with Gasteiger partial charge in [0.1, 0.15) is 5.75 Å². The first-order chi connectivity index (χ1) is 8.52. The van der Waals surface area contributed by atoms with Gasteiger partial charge >= 0.3 is 0 Å². The number of aliphatic hydroxyl groups is 1. The molecule has 0 aliphatic heterocycles. The maximum absolute atomic E-state index is 11.9. The van der Waals surface area contributed by atoms with Gasteiger partial charge in [-0.15, -0.1) is 0 Å². The molecule has 0 spiro atoms. The quantitative estimate of drug-likeness (QED) is 0.812. The van der Waals surface area contributed by atoms with Gasteiger partial charge in [-0.05, 0) is 51.5 Å². The fourth-order valence-electron chi connectivity index (χ4n) is 1.75. The van der Waals surface area contributed by atoms with Crippen LogP contribution in [0.15, 0.2) is 24.3 Å². The Kier molecular flexibility index (Phi) is 5.65. The van der Waals surface area contributed by atoms with Crippen LogP contribution in [0.5, 0.6) is 5.75 Å². The van der Waals surface area contributed by atoms with E-state index in [1.54, 1.807) is 31.2 Å². The van der Waals surface area contributed by atoms with Crippen molar-refractivity contribution in [2.24, 2.45) is 0 Å². The second-order valence-corrected chi connectivity index (χ2v) is 4.42. The van der Waals surface area contributed by atoms with E-state index in [1.807, 2.05) is 13.8 Å². The Morgan fingerprint density at radius 1 is 1.33 bits per heavy atom. The van der Waals surface area contributed by atoms with E-state index in [1.165, 1.54) is 0 Å². The van der Waals surface area contributed by atoms with Crippen LogP contribution in [0.2, 0.25) is 0 Å². The molecular weight excluding hydrogens is 230 g/mol. The van der Waals surface area contributed by atoms with Gasteiger partial charge in [0.15, 0.2) is 0 Å². The third-order valence-electron chi connectivity index (χ3n) is 2.50. The maximum Gasteiger partial charge on any atom is 0.251 e. The number of ether oxygens (including phenoxy) is 1. The molecule has 2 unspecified atom stereocenters. The van der Waals surface area contributed by atoms with Crippen LogP contribution in [0.1, 0.15) is 37.6 Å². The summed E-state index contributed by atoms with van der Waals surface area (Å²) < 4.78 is 5.31. The Bertz CT molecular complexity index is 373. The molecule has 1 rings (SSSR count). The van der Waals surface area contributed by atoms with Crippen LogP contribution in [0.3, 0.4) is 0 Å². The number of aliphatic hydroxyl groups excluding tert-OH is 1. The lowest BCUT2D eigenvalue weighted by molar-refractivity contribution is 0.0923. The summed E-state index contributed by atoms with van der Waals surface area (Å²) in [6, 6.07) is 6.96. The molecule has 0 radical (unpaired) electrons. The molecule has 2 atom stereocenters. The van der Waals surface area contributed by atoms with E-state index < -0.39 is 6.10 Å². The highest BCUT2D eigenvalue weighted by atomic mass is 16.5. The predicted octanol–water partition coefficient (Wildman–Crippen LogP) is 1.97. The summed E-state index contributed by atoms with van der Waals surface area (Å²) in [5.41, 5.74) is 0.593. The monoisotopic (exact) mass is 251 g/mol. The molecule has 1 aromatic rings. The first-order valence-electron chi connectivity index (χ1n) is 6.24. The summed E-state index contributed by atoms with van der Waals surface area (Å²) in [7, 11) is 0. The van der Waals surface area contributed by atoms with Gasteiger partial charge in [0.05, 0.1) is 12.7 Å². The molecule has 1 aromatic carbocycles. The van der Waals surface area contributed by atoms with E-state index in [4.69, 9.17) is 4.74 Å². The summed E-state index contributed by atoms with van der Waals surface area (Å²) in [5.74, 6) is 0.622. The van der Waals surface area contributed by atoms with E-state index in [9.17, 15) is 9.90 Å². The Morgan fingerprint density at radius 2 is 1.94 bits per heavy atom. The highest BCUT2D eigenvalue weighted by Crippen LogP contribution is 2.12. The van der Waals surface area contributed by atoms with E-state index >= 15 is 0 Å². The van der Waals surface area contributed by atoms with Gasteiger partial charge < -0.3 is 15.2 Å². The van der Waals surface area contributed by atoms with Crippen LogP contribution in [0.25, 0.3) is 0 Å². The molecule has 0 aliphatic carbocycles. The molecule has 0 aliphatic rings. The van der Waals surface area contributed by atoms with Crippen molar-refractivity contribution in [3.05, 3.63) is 29.8 Å². The van der Waals surface area contributed by atoms with Crippen molar-refractivity contribution < 1.29 is 14.6 Å². The molecule has 2 N–H and O–H groups in total. The number of carbonyl (C=O) groups is 1. The minimum Gasteiger partial charge on any atom is -0.494 e. The Labute approximate surface area is 108 Å². The molecule has 1 amide bonds. The van der Waals surface area contributed by atoms with Crippen molar-refractivity contribution in [1.29, 1.82) is 0 Å². The van der Waals surface area contributed by atoms with Crippen molar-refractivity contribution in [3.8, 4) is 5.75 Å². The van der Waals surface area contributed by atoms with Crippen LogP contribution in [-0.2, 0) is 0 Å². The van der Waals surface area contributed by atoms with Crippen LogP contribution in [-0.4, -0.2) is 29.8 Å². The zero-order chi connectivity index (χ0) is 13.5. The zero-order valence-corrected chi connectivity index (χ0v) is 11.1. The molecule has 100 valence electrons. The third-order valence-corrected chi connectivity index (χ3v) is 2.50. The summed E-state index contributed by atoms with van der Waals surface area (Å²) in [6.07, 6.45) is 0.128. The number of hydrogen-bond acceptors (Lipinski definition) is 3. The van der Waals surface area contributed by atoms with Crippen molar-refractivity contribution >= 4 is 5.91 Å². The largest absolute Gasteiger partial charge is 0.494 e. The van der Waals surface area contributed by atoms with Crippen molar-refractivity contribution in [3.63, 3.8) is 0 Å². The average molecular weight is 251 g/mol. The van der Waals surface area contributed by atoms with Crippen molar-refractivity contribution in [1.82, 2.24) is 5.32 Å². The van der Waals surface area contributed by atoms with Crippen LogP contribution in [0, 0.1) is 0 Å². The molecule has 0 aromatic heterocycles. The molecular formula is C14H21NO3. The molecule has 0 saturated heterocycles. The standard InChI is InChI=1S/C14H21NO3/c1-4-18-13-7-5-12(6-8-13)14(17)15-10(2)9-11(3)16/h5-8,10-11,16H,4,9H2,1-3H3,(H,15,17). The highest BCUT2D eigenvalue weighted by Gasteiger charge is 2.11. The Morgan fingerprint density at radius 3 is 2.44 bits per heavy atom. The average Bonchev–Trinajstić information content (AvgIpc) is 2.29. The van der Waals surface area contributed by atoms with Gasteiger partial charge in [0.2, 0.25) is 0 Å². The highest BCUT2D eigenvalue weighted by molar-refractivity contribution is 5.94. The zero-order valence-electron chi connectivity index (χ0n) is 11.1. The fourth-order valence-corrected chi connectivity index (χ4v) is 1.75. The van der Waals surface area contributed by atoms with E-state index in [0.29, 0.717) is 18.6 Å². The minimum absolute atomic E-state index is 0.0518. The topological polar surface area (TPSA) is 58.6 Å². The van der Waals surface area contributed by atoms with Crippen molar-refractivity contribution in [2.75, 3.05) is 6.61 Å². The summed E-state index contributed by atoms with van der Waals surface area (Å²) in [4.78, 5) is 11.9. The van der Waals surface area contributed by atoms with Gasteiger partial charge in [0, 0.05) is 11.6 Å². The fraction of sp³-hybridized carbons (Fsp3) is 0.500. The molecule has 18 heavy (non-hydrogen) atoms. The number of hydrogen-bond donors (Lipinski definition) is 2. The van der Waals surface area contributed by atoms with Gasteiger partial charge in [-0.2, -0.15) is 0 Å². The summed E-state index contributed by atoms with van der Waals surface area (Å²) >= 11 is 0. The van der Waals surface area contributed by atoms with Crippen molar-refractivity contribution in [2.45, 2.75) is 39.3 Å². The molecule has 4 heteroatoms. The summed E-state index contributed by atoms with van der Waals surface area (Å²) in [6.45, 7) is 6.11. The maximum atomic E-state index is 11.9. The molecule has 0 fully saturated rings. The van der Waals surface area contributed by atoms with Crippen LogP contribution >= 0.6 is 0 Å². The number of benzene rings is 1. The minimum atomic E-state index is -0.416. The van der Waals surface area contributed by atoms with Crippen LogP contribution < -0.4 is 10.1 Å². The first kappa shape index (κ1) is 14.5. The normalized spacial score (nSPS) is 13.8. The smallest absolute Gasteiger partial charge is 0.251 e. The first-order valence-corrected chi connectivity index (χ1v) is 6.24. The number of carbonyl (C=O) groups excluding carboxylic acids is 1. The van der Waals surface area contributed by atoms with E-state index in [-0.39, 0.29) is 11.9 Å². The number of amides is 1. The lowest BCUT2D eigenvalue weighted by Gasteiger charge is -2.15. The predicted molar refractivity (Wildman–Crippen MR) is 70.8 cm³/mol. The van der Waals surface area contributed by atoms with E-state index in [2.05, 4.69) is 5.32 Å². The Hall–Kier alpha value is -1.55. The van der Waals surface area contributed by atoms with Gasteiger partial charge in [0.25, 0.3) is 5.91 Å². The SMILES string of the molecule is CCOc1ccc(C(=O)NC(C)CC(C)O)cc1. The number of rotatable bonds is 6. The summed E-state index contributed by atoms with van der Waals surface area (Å²) in [5, 5.41) is 12.1. The molecule has 4 nitrogen and oxygen atoms in total. The van der Waals surface area contributed by atoms with Crippen LogP contribution in [0.4, 0.5) is 0 Å². The number of nitrogens with one attached hydrogen (secondary N) is 1. The third kappa shape index (κ3) is 4.75. The lowest BCUT2D eigenvalue weighted by atomic mass is 10.1. The lowest BCUT2D eigenvalue weighted by Crippen LogP contribution is -2.34. The second kappa shape index (κ2) is 7.01. The second-order valence-electron chi connectivity index (χ2n) is 4.42. The van der Waals surface area contributed by atoms with Gasteiger partial charge in [-0.1, -0.05) is 0 Å². The van der Waals surface area contributed by atoms with Gasteiger partial charge in [-0.3, -0.25) is 4.79 Å². The Balaban J connectivity index is 2.56. The molecule has 0 heterocycles. The molecule has 0 saturated carbocycles. The van der Waals surface area contributed by atoms with E-state index in [0.717, 1.165) is 5.75 Å². The molecule has 0 bridgehead atoms. The van der Waals surface area contributed by atoms with Gasteiger partial charge in [-0.25, -0.2) is 0 Å².